The summed E-state index contributed by atoms with van der Waals surface area (Å²) in [5, 5.41) is 19.9. The van der Waals surface area contributed by atoms with Gasteiger partial charge in [-0.1, -0.05) is 13.0 Å². The molecule has 2 atom stereocenters. The van der Waals surface area contributed by atoms with Gasteiger partial charge in [0.1, 0.15) is 11.5 Å². The number of hydrogen-bond acceptors (Lipinski definition) is 4. The zero-order valence-electron chi connectivity index (χ0n) is 12.7. The largest absolute Gasteiger partial charge is 0.507 e. The van der Waals surface area contributed by atoms with E-state index in [9.17, 15) is 10.2 Å². The van der Waals surface area contributed by atoms with E-state index in [0.717, 1.165) is 13.1 Å². The minimum Gasteiger partial charge on any atom is -0.507 e. The minimum atomic E-state index is -0.00416. The fraction of sp³-hybridized carbons (Fsp3) is 0.625. The molecule has 0 spiro atoms. The zero-order valence-corrected chi connectivity index (χ0v) is 12.7. The number of hydrogen-bond donors (Lipinski definition) is 2. The van der Waals surface area contributed by atoms with E-state index < -0.39 is 0 Å². The minimum absolute atomic E-state index is 0.00416. The van der Waals surface area contributed by atoms with Gasteiger partial charge in [-0.25, -0.2) is 0 Å². The molecule has 112 valence electrons. The topological polar surface area (TPSA) is 46.9 Å². The van der Waals surface area contributed by atoms with E-state index in [1.54, 1.807) is 18.2 Å². The molecule has 0 bridgehead atoms. The molecule has 0 radical (unpaired) electrons. The average Bonchev–Trinajstić information content (AvgIpc) is 2.85. The number of rotatable bonds is 5. The summed E-state index contributed by atoms with van der Waals surface area (Å²) in [5.74, 6) is 0.339. The Morgan fingerprint density at radius 1 is 1.35 bits per heavy atom. The normalized spacial score (nSPS) is 21.5. The van der Waals surface area contributed by atoms with Crippen molar-refractivity contribution in [1.29, 1.82) is 0 Å². The van der Waals surface area contributed by atoms with Crippen molar-refractivity contribution in [1.82, 2.24) is 9.80 Å². The highest BCUT2D eigenvalue weighted by atomic mass is 16.3. The number of likely N-dealkylation sites (N-methyl/N-ethyl adjacent to an activating group) is 2. The molecular formula is C16H26N2O2. The number of benzene rings is 1. The second kappa shape index (κ2) is 6.46. The predicted octanol–water partition coefficient (Wildman–Crippen LogP) is 2.57. The maximum absolute atomic E-state index is 9.97. The van der Waals surface area contributed by atoms with Gasteiger partial charge in [-0.2, -0.15) is 0 Å². The molecule has 1 aromatic rings. The molecule has 0 saturated carbocycles. The van der Waals surface area contributed by atoms with Gasteiger partial charge in [0.25, 0.3) is 0 Å². The summed E-state index contributed by atoms with van der Waals surface area (Å²) < 4.78 is 0. The lowest BCUT2D eigenvalue weighted by Crippen LogP contribution is -2.39. The first-order valence-electron chi connectivity index (χ1n) is 7.49. The third-order valence-electron chi connectivity index (χ3n) is 4.54. The van der Waals surface area contributed by atoms with Gasteiger partial charge in [-0.15, -0.1) is 0 Å². The Morgan fingerprint density at radius 2 is 2.00 bits per heavy atom. The highest BCUT2D eigenvalue weighted by Crippen LogP contribution is 2.35. The summed E-state index contributed by atoms with van der Waals surface area (Å²) in [4.78, 5) is 4.72. The van der Waals surface area contributed by atoms with Crippen LogP contribution in [0.4, 0.5) is 0 Å². The Balaban J connectivity index is 2.07. The second-order valence-electron chi connectivity index (χ2n) is 5.75. The first-order valence-corrected chi connectivity index (χ1v) is 7.49. The Hall–Kier alpha value is -1.26. The smallest absolute Gasteiger partial charge is 0.124 e. The summed E-state index contributed by atoms with van der Waals surface area (Å²) in [5.41, 5.74) is 0.621. The maximum Gasteiger partial charge on any atom is 0.124 e. The maximum atomic E-state index is 9.97. The van der Waals surface area contributed by atoms with Crippen LogP contribution >= 0.6 is 0 Å². The average molecular weight is 278 g/mol. The molecule has 4 nitrogen and oxygen atoms in total. The van der Waals surface area contributed by atoms with Crippen molar-refractivity contribution in [3.63, 3.8) is 0 Å². The SMILES string of the molecule is CCN1CCCC1CN(C)C(C)c1c(O)cccc1O. The van der Waals surface area contributed by atoms with Crippen molar-refractivity contribution < 1.29 is 10.2 Å². The Kier molecular flexibility index (Phi) is 4.89. The van der Waals surface area contributed by atoms with E-state index in [4.69, 9.17) is 0 Å². The van der Waals surface area contributed by atoms with Crippen LogP contribution < -0.4 is 0 Å². The summed E-state index contributed by atoms with van der Waals surface area (Å²) in [6.07, 6.45) is 2.50. The van der Waals surface area contributed by atoms with Gasteiger partial charge < -0.3 is 10.2 Å². The molecular weight excluding hydrogens is 252 g/mol. The van der Waals surface area contributed by atoms with Crippen molar-refractivity contribution in [2.45, 2.75) is 38.8 Å². The standard InChI is InChI=1S/C16H26N2O2/c1-4-18-10-6-7-13(18)11-17(3)12(2)16-14(19)8-5-9-15(16)20/h5,8-9,12-13,19-20H,4,6-7,10-11H2,1-3H3. The van der Waals surface area contributed by atoms with Gasteiger partial charge in [-0.05, 0) is 52.0 Å². The first kappa shape index (κ1) is 15.1. The number of phenolic OH excluding ortho intramolecular Hbond substituents is 2. The van der Waals surface area contributed by atoms with Crippen LogP contribution in [0.15, 0.2) is 18.2 Å². The van der Waals surface area contributed by atoms with E-state index in [1.807, 2.05) is 6.92 Å². The summed E-state index contributed by atoms with van der Waals surface area (Å²) in [6, 6.07) is 5.51. The third kappa shape index (κ3) is 3.07. The lowest BCUT2D eigenvalue weighted by atomic mass is 10.0. The van der Waals surface area contributed by atoms with Gasteiger partial charge in [0, 0.05) is 18.6 Å². The van der Waals surface area contributed by atoms with Crippen LogP contribution in [0.1, 0.15) is 38.3 Å². The number of aromatic hydroxyl groups is 2. The molecule has 1 fully saturated rings. The highest BCUT2D eigenvalue weighted by Gasteiger charge is 2.27. The van der Waals surface area contributed by atoms with Gasteiger partial charge in [0.2, 0.25) is 0 Å². The van der Waals surface area contributed by atoms with E-state index >= 15 is 0 Å². The van der Waals surface area contributed by atoms with Crippen molar-refractivity contribution in [2.75, 3.05) is 26.7 Å². The molecule has 1 heterocycles. The van der Waals surface area contributed by atoms with Crippen LogP contribution in [0.5, 0.6) is 11.5 Å². The van der Waals surface area contributed by atoms with E-state index in [2.05, 4.69) is 23.8 Å². The zero-order chi connectivity index (χ0) is 14.7. The number of phenols is 2. The quantitative estimate of drug-likeness (QED) is 0.869. The predicted molar refractivity (Wildman–Crippen MR) is 81.1 cm³/mol. The molecule has 20 heavy (non-hydrogen) atoms. The van der Waals surface area contributed by atoms with Crippen LogP contribution in [0.25, 0.3) is 0 Å². The lowest BCUT2D eigenvalue weighted by molar-refractivity contribution is 0.167. The van der Waals surface area contributed by atoms with Gasteiger partial charge in [0.05, 0.1) is 5.56 Å². The number of nitrogens with zero attached hydrogens (tertiary/aromatic N) is 2. The van der Waals surface area contributed by atoms with Crippen LogP contribution in [0.3, 0.4) is 0 Å². The molecule has 2 rings (SSSR count). The van der Waals surface area contributed by atoms with Crippen LogP contribution in [0.2, 0.25) is 0 Å². The van der Waals surface area contributed by atoms with Gasteiger partial charge in [0.15, 0.2) is 0 Å². The van der Waals surface area contributed by atoms with Gasteiger partial charge >= 0.3 is 0 Å². The molecule has 1 saturated heterocycles. The van der Waals surface area contributed by atoms with Crippen molar-refractivity contribution in [2.24, 2.45) is 0 Å². The summed E-state index contributed by atoms with van der Waals surface area (Å²) in [6.45, 7) is 7.47. The summed E-state index contributed by atoms with van der Waals surface area (Å²) >= 11 is 0. The van der Waals surface area contributed by atoms with Crippen LogP contribution in [0, 0.1) is 0 Å². The fourth-order valence-electron chi connectivity index (χ4n) is 3.20. The molecule has 0 aliphatic carbocycles. The van der Waals surface area contributed by atoms with Crippen molar-refractivity contribution in [3.05, 3.63) is 23.8 Å². The van der Waals surface area contributed by atoms with E-state index in [0.29, 0.717) is 11.6 Å². The molecule has 2 N–H and O–H groups in total. The lowest BCUT2D eigenvalue weighted by Gasteiger charge is -2.32. The Morgan fingerprint density at radius 3 is 2.60 bits per heavy atom. The molecule has 4 heteroatoms. The molecule has 0 aromatic heterocycles. The third-order valence-corrected chi connectivity index (χ3v) is 4.54. The van der Waals surface area contributed by atoms with Crippen molar-refractivity contribution in [3.8, 4) is 11.5 Å². The van der Waals surface area contributed by atoms with Crippen LogP contribution in [-0.4, -0.2) is 52.7 Å². The monoisotopic (exact) mass is 278 g/mol. The molecule has 1 aliphatic rings. The van der Waals surface area contributed by atoms with E-state index in [-0.39, 0.29) is 17.5 Å². The van der Waals surface area contributed by atoms with Crippen LogP contribution in [-0.2, 0) is 0 Å². The molecule has 1 aliphatic heterocycles. The van der Waals surface area contributed by atoms with Gasteiger partial charge in [-0.3, -0.25) is 9.80 Å². The Labute approximate surface area is 121 Å². The van der Waals surface area contributed by atoms with E-state index in [1.165, 1.54) is 19.4 Å². The fourth-order valence-corrected chi connectivity index (χ4v) is 3.20. The molecule has 0 amide bonds. The van der Waals surface area contributed by atoms with Crippen molar-refractivity contribution >= 4 is 0 Å². The number of likely N-dealkylation sites (tertiary alicyclic amines) is 1. The highest BCUT2D eigenvalue weighted by molar-refractivity contribution is 5.44. The molecule has 1 aromatic carbocycles. The Bertz CT molecular complexity index is 430. The second-order valence-corrected chi connectivity index (χ2v) is 5.75. The first-order chi connectivity index (χ1) is 9.54. The summed E-state index contributed by atoms with van der Waals surface area (Å²) in [7, 11) is 2.06. The molecule has 2 unspecified atom stereocenters.